The number of thiophene rings is 1. The molecule has 0 saturated heterocycles. The first-order valence-electron chi connectivity index (χ1n) is 21.7. The number of hydrogen-bond acceptors (Lipinski definition) is 5. The maximum atomic E-state index is 7.35. The average molecular weight is 852 g/mol. The Hall–Kier alpha value is -4.51. The summed E-state index contributed by atoms with van der Waals surface area (Å²) in [4.78, 5) is 3.69. The van der Waals surface area contributed by atoms with Crippen molar-refractivity contribution in [1.82, 2.24) is 0 Å². The van der Waals surface area contributed by atoms with Crippen LogP contribution in [0, 0.1) is 0 Å². The first-order chi connectivity index (χ1) is 29.0. The lowest BCUT2D eigenvalue weighted by molar-refractivity contribution is 0.257. The summed E-state index contributed by atoms with van der Waals surface area (Å²) in [5.41, 5.74) is 2.23. The Morgan fingerprint density at radius 1 is 0.533 bits per heavy atom. The topological polar surface area (TPSA) is 30.9 Å². The molecule has 0 bridgehead atoms. The number of nitrogens with zero attached hydrogens (tertiary/aromatic N) is 1. The summed E-state index contributed by atoms with van der Waals surface area (Å²) >= 11 is 1.74. The Bertz CT molecular complexity index is 2100. The van der Waals surface area contributed by atoms with E-state index in [0.29, 0.717) is 19.8 Å². The van der Waals surface area contributed by atoms with Gasteiger partial charge in [-0.2, -0.15) is 0 Å². The zero-order valence-electron chi connectivity index (χ0n) is 36.9. The first kappa shape index (κ1) is 45.0. The fourth-order valence-corrected chi connectivity index (χ4v) is 18.4. The maximum absolute atomic E-state index is 7.35. The molecule has 60 heavy (non-hydrogen) atoms. The molecule has 0 aliphatic heterocycles. The molecule has 1 aromatic heterocycles. The molecule has 0 saturated carbocycles. The van der Waals surface area contributed by atoms with Gasteiger partial charge in [-0.25, -0.2) is 0 Å². The third-order valence-corrected chi connectivity index (χ3v) is 22.4. The third-order valence-electron chi connectivity index (χ3n) is 11.5. The minimum Gasteiger partial charge on any atom is -0.493 e. The molecule has 6 rings (SSSR count). The van der Waals surface area contributed by atoms with E-state index in [4.69, 9.17) is 13.6 Å². The second-order valence-corrected chi connectivity index (χ2v) is 27.2. The van der Waals surface area contributed by atoms with Crippen molar-refractivity contribution in [3.63, 3.8) is 0 Å². The van der Waals surface area contributed by atoms with Gasteiger partial charge in [-0.1, -0.05) is 176 Å². The van der Waals surface area contributed by atoms with E-state index in [-0.39, 0.29) is 10.1 Å². The fourth-order valence-electron chi connectivity index (χ4n) is 8.62. The van der Waals surface area contributed by atoms with Crippen molar-refractivity contribution in [2.45, 2.75) is 77.8 Å². The predicted molar refractivity (Wildman–Crippen MR) is 264 cm³/mol. The van der Waals surface area contributed by atoms with Gasteiger partial charge in [-0.15, -0.1) is 11.3 Å². The van der Waals surface area contributed by atoms with Crippen molar-refractivity contribution in [2.24, 2.45) is 0 Å². The Morgan fingerprint density at radius 2 is 1.02 bits per heavy atom. The molecule has 314 valence electrons. The van der Waals surface area contributed by atoms with Crippen LogP contribution in [-0.2, 0) is 8.85 Å². The van der Waals surface area contributed by atoms with E-state index in [1.807, 2.05) is 0 Å². The monoisotopic (exact) mass is 851 g/mol. The van der Waals surface area contributed by atoms with E-state index in [1.54, 1.807) is 11.3 Å². The van der Waals surface area contributed by atoms with Crippen molar-refractivity contribution in [3.05, 3.63) is 167 Å². The summed E-state index contributed by atoms with van der Waals surface area (Å²) in [7, 11) is -5.24. The molecule has 5 aromatic carbocycles. The van der Waals surface area contributed by atoms with Crippen molar-refractivity contribution >= 4 is 66.6 Å². The lowest BCUT2D eigenvalue weighted by atomic mass is 10.1. The highest BCUT2D eigenvalue weighted by Gasteiger charge is 2.51. The number of benzene rings is 5. The standard InChI is InChI=1S/C53H65NO3SSi2/c1-8-37-54(38-41-57-60(53(5,6)7,49-29-17-11-18-30-49)50-31-19-12-20-32-50)45-35-33-44(34-36-46-24-23-42-58-46)51(43-45)55-39-21-22-40-56-59(52(2,3)4,47-25-13-9-14-26-47)48-27-15-10-16-28-48/h9-20,23-36,42-43H,8,21-22,37-41H2,1-7H3. The van der Waals surface area contributed by atoms with Crippen LogP contribution in [0.5, 0.6) is 5.75 Å². The van der Waals surface area contributed by atoms with Crippen LogP contribution in [0.25, 0.3) is 12.2 Å². The van der Waals surface area contributed by atoms with Crippen LogP contribution < -0.4 is 30.4 Å². The molecule has 0 N–H and O–H groups in total. The van der Waals surface area contributed by atoms with E-state index < -0.39 is 16.6 Å². The van der Waals surface area contributed by atoms with Crippen molar-refractivity contribution in [3.8, 4) is 5.75 Å². The first-order valence-corrected chi connectivity index (χ1v) is 26.4. The van der Waals surface area contributed by atoms with Gasteiger partial charge in [-0.3, -0.25) is 0 Å². The maximum Gasteiger partial charge on any atom is 0.261 e. The summed E-state index contributed by atoms with van der Waals surface area (Å²) < 4.78 is 21.3. The highest BCUT2D eigenvalue weighted by atomic mass is 32.1. The Morgan fingerprint density at radius 3 is 1.47 bits per heavy atom. The van der Waals surface area contributed by atoms with Gasteiger partial charge in [0.1, 0.15) is 5.75 Å². The number of ether oxygens (including phenoxy) is 1. The summed E-state index contributed by atoms with van der Waals surface area (Å²) in [6, 6.07) is 54.6. The SMILES string of the molecule is CCCN(CCO[Si](c1ccccc1)(c1ccccc1)C(C)(C)C)c1ccc(C=Cc2cccs2)c(OCCCCO[Si](c2ccccc2)(c2ccccc2)C(C)(C)C)c1. The molecular formula is C53H65NO3SSi2. The highest BCUT2D eigenvalue weighted by Crippen LogP contribution is 2.38. The van der Waals surface area contributed by atoms with Gasteiger partial charge in [0.2, 0.25) is 0 Å². The van der Waals surface area contributed by atoms with Gasteiger partial charge >= 0.3 is 0 Å². The van der Waals surface area contributed by atoms with Crippen LogP contribution in [0.4, 0.5) is 5.69 Å². The summed E-state index contributed by atoms with van der Waals surface area (Å²) in [5, 5.41) is 7.23. The molecule has 7 heteroatoms. The number of rotatable bonds is 20. The fraction of sp³-hybridized carbons (Fsp3) is 0.321. The summed E-state index contributed by atoms with van der Waals surface area (Å²) in [6.07, 6.45) is 7.20. The predicted octanol–water partition coefficient (Wildman–Crippen LogP) is 11.4. The van der Waals surface area contributed by atoms with Gasteiger partial charge in [0.15, 0.2) is 0 Å². The minimum absolute atomic E-state index is 0.0502. The molecule has 1 heterocycles. The molecule has 4 nitrogen and oxygen atoms in total. The van der Waals surface area contributed by atoms with Crippen LogP contribution in [-0.4, -0.2) is 49.5 Å². The van der Waals surface area contributed by atoms with Gasteiger partial charge in [-0.05, 0) is 85.8 Å². The van der Waals surface area contributed by atoms with Crippen LogP contribution in [0.15, 0.2) is 157 Å². The molecule has 0 amide bonds. The van der Waals surface area contributed by atoms with Gasteiger partial charge in [0.25, 0.3) is 16.6 Å². The molecule has 0 fully saturated rings. The second-order valence-electron chi connectivity index (χ2n) is 17.6. The Kier molecular flexibility index (Phi) is 15.6. The lowest BCUT2D eigenvalue weighted by Crippen LogP contribution is -2.67. The molecule has 0 unspecified atom stereocenters. The van der Waals surface area contributed by atoms with Crippen molar-refractivity contribution in [2.75, 3.05) is 37.8 Å². The molecule has 6 aromatic rings. The highest BCUT2D eigenvalue weighted by molar-refractivity contribution is 7.10. The Balaban J connectivity index is 1.19. The van der Waals surface area contributed by atoms with Crippen LogP contribution in [0.1, 0.15) is 78.2 Å². The Labute approximate surface area is 367 Å². The second kappa shape index (κ2) is 20.8. The number of anilines is 1. The van der Waals surface area contributed by atoms with Crippen molar-refractivity contribution < 1.29 is 13.6 Å². The molecule has 0 aliphatic rings. The largest absolute Gasteiger partial charge is 0.493 e. The lowest BCUT2D eigenvalue weighted by Gasteiger charge is -2.43. The van der Waals surface area contributed by atoms with Gasteiger partial charge < -0.3 is 18.5 Å². The third kappa shape index (κ3) is 10.5. The van der Waals surface area contributed by atoms with Crippen molar-refractivity contribution in [1.29, 1.82) is 0 Å². The van der Waals surface area contributed by atoms with E-state index >= 15 is 0 Å². The number of hydrogen-bond donors (Lipinski definition) is 0. The van der Waals surface area contributed by atoms with E-state index in [0.717, 1.165) is 49.4 Å². The molecule has 0 radical (unpaired) electrons. The van der Waals surface area contributed by atoms with Crippen LogP contribution in [0.3, 0.4) is 0 Å². The summed E-state index contributed by atoms with van der Waals surface area (Å²) in [5.74, 6) is 0.905. The minimum atomic E-state index is -2.65. The molecule has 0 spiro atoms. The molecule has 0 atom stereocenters. The van der Waals surface area contributed by atoms with Crippen LogP contribution >= 0.6 is 11.3 Å². The quantitative estimate of drug-likeness (QED) is 0.0566. The van der Waals surface area contributed by atoms with Gasteiger partial charge in [0, 0.05) is 41.9 Å². The normalized spacial score (nSPS) is 12.5. The molecule has 0 aliphatic carbocycles. The summed E-state index contributed by atoms with van der Waals surface area (Å²) in [6.45, 7) is 19.9. The van der Waals surface area contributed by atoms with Gasteiger partial charge in [0.05, 0.1) is 13.2 Å². The smallest absolute Gasteiger partial charge is 0.261 e. The molecular weight excluding hydrogens is 787 g/mol. The van der Waals surface area contributed by atoms with Crippen LogP contribution in [0.2, 0.25) is 10.1 Å². The zero-order chi connectivity index (χ0) is 42.5. The number of unbranched alkanes of at least 4 members (excludes halogenated alkanes) is 1. The van der Waals surface area contributed by atoms with E-state index in [9.17, 15) is 0 Å². The van der Waals surface area contributed by atoms with E-state index in [1.165, 1.54) is 25.6 Å². The zero-order valence-corrected chi connectivity index (χ0v) is 39.7. The van der Waals surface area contributed by atoms with E-state index in [2.05, 4.69) is 223 Å². The average Bonchev–Trinajstić information content (AvgIpc) is 3.78.